The van der Waals surface area contributed by atoms with Gasteiger partial charge in [0.2, 0.25) is 0 Å². The van der Waals surface area contributed by atoms with Gasteiger partial charge in [-0.25, -0.2) is 5.10 Å². The zero-order valence-electron chi connectivity index (χ0n) is 14.0. The van der Waals surface area contributed by atoms with Gasteiger partial charge in [0.25, 0.3) is 5.56 Å². The Morgan fingerprint density at radius 3 is 2.44 bits per heavy atom. The molecular weight excluding hydrogens is 314 g/mol. The lowest BCUT2D eigenvalue weighted by Crippen LogP contribution is -2.22. The standard InChI is InChI=1S/C19H21N5O/c25-16-12-11-15(21-22-16)17-18(13-7-3-1-4-8-13)23-24-19(17)20-14-9-5-2-6-10-14/h1,3-4,7-8,11-12,14H,2,5-6,9-10H2,(H,22,25)(H2,20,23,24). The number of hydrogen-bond acceptors (Lipinski definition) is 4. The fourth-order valence-corrected chi connectivity index (χ4v) is 3.44. The Labute approximate surface area is 145 Å². The van der Waals surface area contributed by atoms with Crippen LogP contribution in [0.4, 0.5) is 5.82 Å². The fraction of sp³-hybridized carbons (Fsp3) is 0.316. The van der Waals surface area contributed by atoms with Crippen LogP contribution in [0.1, 0.15) is 32.1 Å². The Hall–Kier alpha value is -2.89. The van der Waals surface area contributed by atoms with Gasteiger partial charge < -0.3 is 5.32 Å². The molecule has 1 aromatic carbocycles. The summed E-state index contributed by atoms with van der Waals surface area (Å²) in [5.74, 6) is 0.866. The Morgan fingerprint density at radius 1 is 0.920 bits per heavy atom. The summed E-state index contributed by atoms with van der Waals surface area (Å²) in [6, 6.07) is 13.7. The van der Waals surface area contributed by atoms with E-state index in [0.717, 1.165) is 35.5 Å². The van der Waals surface area contributed by atoms with Crippen LogP contribution in [0.3, 0.4) is 0 Å². The van der Waals surface area contributed by atoms with E-state index >= 15 is 0 Å². The van der Waals surface area contributed by atoms with Crippen molar-refractivity contribution in [2.24, 2.45) is 0 Å². The summed E-state index contributed by atoms with van der Waals surface area (Å²) in [7, 11) is 0. The zero-order chi connectivity index (χ0) is 17.1. The minimum absolute atomic E-state index is 0.213. The molecule has 6 nitrogen and oxygen atoms in total. The van der Waals surface area contributed by atoms with Gasteiger partial charge in [0.05, 0.1) is 11.3 Å². The van der Waals surface area contributed by atoms with E-state index in [1.807, 2.05) is 30.3 Å². The number of rotatable bonds is 4. The summed E-state index contributed by atoms with van der Waals surface area (Å²) in [6.07, 6.45) is 6.15. The van der Waals surface area contributed by atoms with Crippen LogP contribution < -0.4 is 10.9 Å². The Balaban J connectivity index is 1.77. The minimum Gasteiger partial charge on any atom is -0.367 e. The molecule has 1 fully saturated rings. The van der Waals surface area contributed by atoms with Gasteiger partial charge in [0, 0.05) is 17.7 Å². The topological polar surface area (TPSA) is 86.5 Å². The number of hydrogen-bond donors (Lipinski definition) is 3. The van der Waals surface area contributed by atoms with E-state index in [1.165, 1.54) is 25.3 Å². The Kier molecular flexibility index (Phi) is 4.33. The Morgan fingerprint density at radius 2 is 1.72 bits per heavy atom. The molecule has 3 aromatic rings. The molecule has 2 aromatic heterocycles. The van der Waals surface area contributed by atoms with Crippen LogP contribution in [-0.2, 0) is 0 Å². The molecular formula is C19H21N5O. The van der Waals surface area contributed by atoms with E-state index in [-0.39, 0.29) is 5.56 Å². The maximum absolute atomic E-state index is 11.4. The van der Waals surface area contributed by atoms with Gasteiger partial charge in [-0.3, -0.25) is 9.89 Å². The van der Waals surface area contributed by atoms with Crippen molar-refractivity contribution in [1.29, 1.82) is 0 Å². The van der Waals surface area contributed by atoms with Crippen molar-refractivity contribution in [1.82, 2.24) is 20.4 Å². The summed E-state index contributed by atoms with van der Waals surface area (Å²) in [5.41, 5.74) is 3.23. The number of nitrogens with zero attached hydrogens (tertiary/aromatic N) is 2. The lowest BCUT2D eigenvalue weighted by atomic mass is 9.95. The highest BCUT2D eigenvalue weighted by Crippen LogP contribution is 2.35. The first-order valence-electron chi connectivity index (χ1n) is 8.78. The molecule has 3 N–H and O–H groups in total. The lowest BCUT2D eigenvalue weighted by Gasteiger charge is -2.23. The van der Waals surface area contributed by atoms with E-state index in [4.69, 9.17) is 0 Å². The van der Waals surface area contributed by atoms with E-state index in [0.29, 0.717) is 11.7 Å². The number of benzene rings is 1. The van der Waals surface area contributed by atoms with Gasteiger partial charge in [0.15, 0.2) is 0 Å². The van der Waals surface area contributed by atoms with Crippen molar-refractivity contribution in [3.63, 3.8) is 0 Å². The summed E-state index contributed by atoms with van der Waals surface area (Å²) in [5, 5.41) is 18.0. The van der Waals surface area contributed by atoms with Gasteiger partial charge in [-0.05, 0) is 18.9 Å². The van der Waals surface area contributed by atoms with Gasteiger partial charge in [-0.2, -0.15) is 10.2 Å². The summed E-state index contributed by atoms with van der Waals surface area (Å²) in [6.45, 7) is 0. The van der Waals surface area contributed by atoms with Gasteiger partial charge >= 0.3 is 0 Å². The van der Waals surface area contributed by atoms with Crippen LogP contribution in [0.5, 0.6) is 0 Å². The number of anilines is 1. The summed E-state index contributed by atoms with van der Waals surface area (Å²) in [4.78, 5) is 11.4. The van der Waals surface area contributed by atoms with Crippen LogP contribution in [0.2, 0.25) is 0 Å². The first-order chi connectivity index (χ1) is 12.3. The first-order valence-corrected chi connectivity index (χ1v) is 8.78. The number of aromatic amines is 2. The molecule has 0 radical (unpaired) electrons. The molecule has 0 amide bonds. The normalized spacial score (nSPS) is 15.2. The predicted molar refractivity (Wildman–Crippen MR) is 98.4 cm³/mol. The van der Waals surface area contributed by atoms with Crippen molar-refractivity contribution in [2.75, 3.05) is 5.32 Å². The van der Waals surface area contributed by atoms with Crippen molar-refractivity contribution in [3.8, 4) is 22.5 Å². The highest BCUT2D eigenvalue weighted by atomic mass is 16.1. The van der Waals surface area contributed by atoms with E-state index < -0.39 is 0 Å². The number of H-pyrrole nitrogens is 2. The van der Waals surface area contributed by atoms with Crippen LogP contribution >= 0.6 is 0 Å². The van der Waals surface area contributed by atoms with Crippen molar-refractivity contribution < 1.29 is 0 Å². The van der Waals surface area contributed by atoms with E-state index in [1.54, 1.807) is 6.07 Å². The molecule has 1 aliphatic rings. The maximum atomic E-state index is 11.4. The lowest BCUT2D eigenvalue weighted by molar-refractivity contribution is 0.462. The van der Waals surface area contributed by atoms with Crippen LogP contribution in [0.15, 0.2) is 47.3 Å². The van der Waals surface area contributed by atoms with Crippen LogP contribution in [0.25, 0.3) is 22.5 Å². The molecule has 0 bridgehead atoms. The Bertz CT molecular complexity index is 873. The maximum Gasteiger partial charge on any atom is 0.264 e. The van der Waals surface area contributed by atoms with Crippen LogP contribution in [0, 0.1) is 0 Å². The van der Waals surface area contributed by atoms with Crippen LogP contribution in [-0.4, -0.2) is 26.4 Å². The highest BCUT2D eigenvalue weighted by Gasteiger charge is 2.21. The second-order valence-corrected chi connectivity index (χ2v) is 6.47. The van der Waals surface area contributed by atoms with Crippen molar-refractivity contribution in [2.45, 2.75) is 38.1 Å². The monoisotopic (exact) mass is 335 g/mol. The SMILES string of the molecule is O=c1ccc(-c2c(-c3ccccc3)n[nH]c2NC2CCCCC2)n[nH]1. The van der Waals surface area contributed by atoms with Crippen molar-refractivity contribution in [3.05, 3.63) is 52.8 Å². The summed E-state index contributed by atoms with van der Waals surface area (Å²) < 4.78 is 0. The molecule has 0 atom stereocenters. The van der Waals surface area contributed by atoms with Gasteiger partial charge in [-0.15, -0.1) is 0 Å². The second kappa shape index (κ2) is 6.93. The van der Waals surface area contributed by atoms with E-state index in [2.05, 4.69) is 25.7 Å². The number of aromatic nitrogens is 4. The molecule has 6 heteroatoms. The highest BCUT2D eigenvalue weighted by molar-refractivity contribution is 5.87. The minimum atomic E-state index is -0.213. The molecule has 2 heterocycles. The number of nitrogens with one attached hydrogen (secondary N) is 3. The third kappa shape index (κ3) is 3.33. The zero-order valence-corrected chi connectivity index (χ0v) is 14.0. The average molecular weight is 335 g/mol. The summed E-state index contributed by atoms with van der Waals surface area (Å²) >= 11 is 0. The smallest absolute Gasteiger partial charge is 0.264 e. The molecule has 1 saturated carbocycles. The third-order valence-corrected chi connectivity index (χ3v) is 4.70. The van der Waals surface area contributed by atoms with Crippen molar-refractivity contribution >= 4 is 5.82 Å². The average Bonchev–Trinajstić information content (AvgIpc) is 3.07. The molecule has 128 valence electrons. The molecule has 0 unspecified atom stereocenters. The fourth-order valence-electron chi connectivity index (χ4n) is 3.44. The predicted octanol–water partition coefficient (Wildman–Crippen LogP) is 3.57. The quantitative estimate of drug-likeness (QED) is 0.680. The molecule has 25 heavy (non-hydrogen) atoms. The van der Waals surface area contributed by atoms with E-state index in [9.17, 15) is 4.79 Å². The molecule has 0 saturated heterocycles. The van der Waals surface area contributed by atoms with Gasteiger partial charge in [0.1, 0.15) is 11.5 Å². The third-order valence-electron chi connectivity index (χ3n) is 4.70. The van der Waals surface area contributed by atoms with Gasteiger partial charge in [-0.1, -0.05) is 49.6 Å². The molecule has 4 rings (SSSR count). The molecule has 1 aliphatic carbocycles. The second-order valence-electron chi connectivity index (χ2n) is 6.47. The molecule has 0 spiro atoms. The molecule has 0 aliphatic heterocycles. The largest absolute Gasteiger partial charge is 0.367 e. The first kappa shape index (κ1) is 15.6.